The molecule has 0 saturated carbocycles. The van der Waals surface area contributed by atoms with Crippen LogP contribution in [-0.2, 0) is 4.84 Å². The number of hydrogen-bond donors (Lipinski definition) is 0. The van der Waals surface area contributed by atoms with Crippen molar-refractivity contribution in [2.24, 2.45) is 0 Å². The molecule has 0 spiro atoms. The van der Waals surface area contributed by atoms with Crippen molar-refractivity contribution in [3.8, 4) is 0 Å². The molecule has 53 valence electrons. The zero-order valence-electron chi connectivity index (χ0n) is 5.97. The van der Waals surface area contributed by atoms with Gasteiger partial charge in [-0.05, 0) is 26.2 Å². The summed E-state index contributed by atoms with van der Waals surface area (Å²) in [6.45, 7) is 4.99. The second-order valence-electron chi connectivity index (χ2n) is 2.21. The highest BCUT2D eigenvalue weighted by atomic mass is 16.7. The fourth-order valence-corrected chi connectivity index (χ4v) is 1.04. The number of hydrogen-bond acceptors (Lipinski definition) is 2. The van der Waals surface area contributed by atoms with E-state index in [0.29, 0.717) is 0 Å². The lowest BCUT2D eigenvalue weighted by molar-refractivity contribution is -0.159. The van der Waals surface area contributed by atoms with Crippen LogP contribution in [-0.4, -0.2) is 24.8 Å². The van der Waals surface area contributed by atoms with Crippen molar-refractivity contribution in [2.75, 3.05) is 19.7 Å². The Hall–Kier alpha value is -0.0800. The molecule has 2 heteroatoms. The molecular formula is C7H14NO. The molecule has 0 aliphatic carbocycles. The number of piperidine rings is 1. The Morgan fingerprint density at radius 1 is 1.44 bits per heavy atom. The summed E-state index contributed by atoms with van der Waals surface area (Å²) in [5.41, 5.74) is 0. The maximum Gasteiger partial charge on any atom is 0.0656 e. The van der Waals surface area contributed by atoms with Crippen molar-refractivity contribution in [1.82, 2.24) is 5.06 Å². The second-order valence-corrected chi connectivity index (χ2v) is 2.21. The van der Waals surface area contributed by atoms with Crippen molar-refractivity contribution < 1.29 is 4.84 Å². The fraction of sp³-hybridized carbons (Fsp3) is 0.857. The first-order valence-corrected chi connectivity index (χ1v) is 3.63. The van der Waals surface area contributed by atoms with Crippen LogP contribution in [0.5, 0.6) is 0 Å². The number of hydroxylamine groups is 2. The van der Waals surface area contributed by atoms with Crippen molar-refractivity contribution in [3.63, 3.8) is 0 Å². The molecule has 0 aromatic carbocycles. The third-order valence-corrected chi connectivity index (χ3v) is 1.48. The predicted octanol–water partition coefficient (Wildman–Crippen LogP) is 1.24. The molecule has 1 heterocycles. The van der Waals surface area contributed by atoms with E-state index in [1.165, 1.54) is 12.8 Å². The monoisotopic (exact) mass is 128 g/mol. The lowest BCUT2D eigenvalue weighted by Crippen LogP contribution is -2.29. The topological polar surface area (TPSA) is 12.5 Å². The molecule has 0 bridgehead atoms. The zero-order valence-corrected chi connectivity index (χ0v) is 5.97. The van der Waals surface area contributed by atoms with Crippen LogP contribution in [0.25, 0.3) is 0 Å². The van der Waals surface area contributed by atoms with Crippen LogP contribution < -0.4 is 0 Å². The molecule has 1 fully saturated rings. The van der Waals surface area contributed by atoms with Gasteiger partial charge in [-0.15, -0.1) is 0 Å². The van der Waals surface area contributed by atoms with E-state index in [4.69, 9.17) is 4.84 Å². The first-order valence-electron chi connectivity index (χ1n) is 3.63. The summed E-state index contributed by atoms with van der Waals surface area (Å²) in [6.07, 6.45) is 4.68. The Kier molecular flexibility index (Phi) is 3.01. The van der Waals surface area contributed by atoms with Crippen LogP contribution >= 0.6 is 0 Å². The van der Waals surface area contributed by atoms with Crippen LogP contribution in [0.1, 0.15) is 19.8 Å². The van der Waals surface area contributed by atoms with E-state index in [9.17, 15) is 0 Å². The van der Waals surface area contributed by atoms with Gasteiger partial charge in [0.2, 0.25) is 0 Å². The highest BCUT2D eigenvalue weighted by Gasteiger charge is 2.08. The third-order valence-electron chi connectivity index (χ3n) is 1.48. The molecule has 1 rings (SSSR count). The Balaban J connectivity index is 2.08. The van der Waals surface area contributed by atoms with E-state index in [1.54, 1.807) is 0 Å². The normalized spacial score (nSPS) is 22.3. The highest BCUT2D eigenvalue weighted by Crippen LogP contribution is 2.06. The summed E-state index contributed by atoms with van der Waals surface area (Å²) in [7, 11) is 0. The van der Waals surface area contributed by atoms with Crippen molar-refractivity contribution in [3.05, 3.63) is 6.42 Å². The molecule has 1 aliphatic rings. The molecule has 0 unspecified atom stereocenters. The average Bonchev–Trinajstić information content (AvgIpc) is 1.91. The van der Waals surface area contributed by atoms with Gasteiger partial charge in [0, 0.05) is 13.1 Å². The second kappa shape index (κ2) is 3.85. The smallest absolute Gasteiger partial charge is 0.0656 e. The summed E-state index contributed by atoms with van der Waals surface area (Å²) in [4.78, 5) is 5.30. The van der Waals surface area contributed by atoms with Gasteiger partial charge in [-0.25, -0.2) is 0 Å². The minimum atomic E-state index is 0.806. The van der Waals surface area contributed by atoms with Gasteiger partial charge in [0.1, 0.15) is 0 Å². The van der Waals surface area contributed by atoms with Crippen LogP contribution in [0.4, 0.5) is 0 Å². The van der Waals surface area contributed by atoms with Gasteiger partial charge < -0.3 is 0 Å². The Bertz CT molecular complexity index is 66.6. The van der Waals surface area contributed by atoms with E-state index in [0.717, 1.165) is 19.7 Å². The molecule has 0 amide bonds. The molecule has 0 N–H and O–H groups in total. The van der Waals surface area contributed by atoms with E-state index >= 15 is 0 Å². The van der Waals surface area contributed by atoms with Crippen molar-refractivity contribution in [2.45, 2.75) is 19.8 Å². The van der Waals surface area contributed by atoms with Crippen molar-refractivity contribution in [1.29, 1.82) is 0 Å². The van der Waals surface area contributed by atoms with Crippen molar-refractivity contribution >= 4 is 0 Å². The van der Waals surface area contributed by atoms with Gasteiger partial charge in [0.05, 0.1) is 6.61 Å². The molecule has 0 aromatic heterocycles. The Morgan fingerprint density at radius 3 is 2.67 bits per heavy atom. The quantitative estimate of drug-likeness (QED) is 0.554. The fourth-order valence-electron chi connectivity index (χ4n) is 1.04. The molecule has 1 aliphatic heterocycles. The van der Waals surface area contributed by atoms with E-state index in [2.05, 4.69) is 6.42 Å². The SMILES string of the molecule is CCON1CC[CH]CC1. The van der Waals surface area contributed by atoms with E-state index < -0.39 is 0 Å². The van der Waals surface area contributed by atoms with Gasteiger partial charge in [-0.3, -0.25) is 4.84 Å². The van der Waals surface area contributed by atoms with Crippen LogP contribution in [0.15, 0.2) is 0 Å². The molecule has 1 saturated heterocycles. The summed E-state index contributed by atoms with van der Waals surface area (Å²) in [5, 5.41) is 2.04. The minimum Gasteiger partial charge on any atom is -0.299 e. The molecule has 2 nitrogen and oxygen atoms in total. The largest absolute Gasteiger partial charge is 0.299 e. The molecule has 0 atom stereocenters. The lowest BCUT2D eigenvalue weighted by Gasteiger charge is -2.24. The third kappa shape index (κ3) is 2.33. The van der Waals surface area contributed by atoms with Gasteiger partial charge in [-0.2, -0.15) is 5.06 Å². The lowest BCUT2D eigenvalue weighted by atomic mass is 10.2. The van der Waals surface area contributed by atoms with Crippen LogP contribution in [0.3, 0.4) is 0 Å². The predicted molar refractivity (Wildman–Crippen MR) is 36.7 cm³/mol. The Labute approximate surface area is 56.8 Å². The summed E-state index contributed by atoms with van der Waals surface area (Å²) < 4.78 is 0. The number of nitrogens with zero attached hydrogens (tertiary/aromatic N) is 1. The van der Waals surface area contributed by atoms with Gasteiger partial charge in [-0.1, -0.05) is 0 Å². The maximum absolute atomic E-state index is 5.30. The van der Waals surface area contributed by atoms with Crippen LogP contribution in [0.2, 0.25) is 0 Å². The highest BCUT2D eigenvalue weighted by molar-refractivity contribution is 4.72. The summed E-state index contributed by atoms with van der Waals surface area (Å²) in [6, 6.07) is 0. The zero-order chi connectivity index (χ0) is 6.53. The molecular weight excluding hydrogens is 114 g/mol. The number of rotatable bonds is 2. The van der Waals surface area contributed by atoms with Gasteiger partial charge >= 0.3 is 0 Å². The summed E-state index contributed by atoms with van der Waals surface area (Å²) in [5.74, 6) is 0. The van der Waals surface area contributed by atoms with Gasteiger partial charge in [0.15, 0.2) is 0 Å². The maximum atomic E-state index is 5.30. The molecule has 1 radical (unpaired) electrons. The molecule has 9 heavy (non-hydrogen) atoms. The Morgan fingerprint density at radius 2 is 2.11 bits per heavy atom. The first-order chi connectivity index (χ1) is 4.43. The van der Waals surface area contributed by atoms with Crippen LogP contribution in [0, 0.1) is 6.42 Å². The van der Waals surface area contributed by atoms with Gasteiger partial charge in [0.25, 0.3) is 0 Å². The minimum absolute atomic E-state index is 0.806. The standard InChI is InChI=1S/C7H14NO/c1-2-9-8-6-4-3-5-7-8/h3H,2,4-7H2,1H3. The average molecular weight is 128 g/mol. The first kappa shape index (κ1) is 7.03. The molecule has 0 aromatic rings. The summed E-state index contributed by atoms with van der Waals surface area (Å²) >= 11 is 0. The van der Waals surface area contributed by atoms with E-state index in [1.807, 2.05) is 12.0 Å². The van der Waals surface area contributed by atoms with E-state index in [-0.39, 0.29) is 0 Å².